The van der Waals surface area contributed by atoms with Crippen LogP contribution in [0.4, 0.5) is 0 Å². The predicted octanol–water partition coefficient (Wildman–Crippen LogP) is 1.31. The first-order valence-electron chi connectivity index (χ1n) is 1.24. The van der Waals surface area contributed by atoms with Gasteiger partial charge in [0, 0.05) is 0 Å². The van der Waals surface area contributed by atoms with Crippen LogP contribution in [0.2, 0.25) is 6.82 Å². The number of halogens is 1. The highest BCUT2D eigenvalue weighted by molar-refractivity contribution is 14.1. The van der Waals surface area contributed by atoms with Gasteiger partial charge in [-0.2, -0.15) is 4.91 Å². The second-order valence-electron chi connectivity index (χ2n) is 0.679. The van der Waals surface area contributed by atoms with Gasteiger partial charge >= 0.3 is 4.70 Å². The van der Waals surface area contributed by atoms with Gasteiger partial charge in [-0.15, -0.1) is 27.5 Å². The number of hydrogen-bond donors (Lipinski definition) is 0. The maximum absolute atomic E-state index is 9.25. The molecule has 0 saturated heterocycles. The Morgan fingerprint density at radius 2 is 2.20 bits per heavy atom. The average molecular weight is 183 g/mol. The Bertz CT molecular complexity index is 38.6. The molecule has 0 aromatic heterocycles. The Balaban J connectivity index is 2.83. The Labute approximate surface area is 44.3 Å². The second-order valence-corrected chi connectivity index (χ2v) is 2.48. The molecule has 0 aliphatic carbocycles. The van der Waals surface area contributed by atoms with Crippen LogP contribution in [0.1, 0.15) is 0 Å². The van der Waals surface area contributed by atoms with Crippen molar-refractivity contribution >= 4 is 27.1 Å². The van der Waals surface area contributed by atoms with Gasteiger partial charge in [-0.3, -0.25) is 0 Å². The van der Waals surface area contributed by atoms with Crippen molar-refractivity contribution in [1.82, 2.24) is 0 Å². The van der Waals surface area contributed by atoms with Gasteiger partial charge in [0.15, 0.2) is 0 Å². The molecule has 0 aromatic rings. The molecule has 0 aliphatic heterocycles. The van der Waals surface area contributed by atoms with Crippen molar-refractivity contribution in [1.29, 1.82) is 0 Å². The van der Waals surface area contributed by atoms with Crippen LogP contribution < -0.4 is 0 Å². The molecule has 4 heteroatoms. The summed E-state index contributed by atoms with van der Waals surface area (Å²) in [6.07, 6.45) is 0. The summed E-state index contributed by atoms with van der Waals surface area (Å²) >= 11 is 1.93. The molecule has 0 aliphatic rings. The number of nitroso groups, excluding NO2 is 1. The Kier molecular flexibility index (Phi) is 2.83. The largest absolute Gasteiger partial charge is 0.402 e. The van der Waals surface area contributed by atoms with E-state index in [2.05, 4.69) is 5.09 Å². The molecule has 0 saturated carbocycles. The molecule has 0 aromatic carbocycles. The lowest BCUT2D eigenvalue weighted by molar-refractivity contribution is 1.76. The van der Waals surface area contributed by atoms with E-state index in [0.717, 1.165) is 0 Å². The number of nitrogens with zero attached hydrogens (tertiary/aromatic N) is 1. The third-order valence-electron chi connectivity index (χ3n) is 0.145. The molecule has 28 valence electrons. The summed E-state index contributed by atoms with van der Waals surface area (Å²) in [6.45, 7) is 1.73. The maximum atomic E-state index is 9.25. The fourth-order valence-electron chi connectivity index (χ4n) is 0. The van der Waals surface area contributed by atoms with Crippen molar-refractivity contribution in [3.05, 3.63) is 4.91 Å². The lowest BCUT2D eigenvalue weighted by Crippen LogP contribution is -1.82. The summed E-state index contributed by atoms with van der Waals surface area (Å²) in [5, 5.41) is 2.63. The van der Waals surface area contributed by atoms with Crippen molar-refractivity contribution in [3.63, 3.8) is 0 Å². The van der Waals surface area contributed by atoms with Gasteiger partial charge in [0.1, 0.15) is 0 Å². The summed E-state index contributed by atoms with van der Waals surface area (Å²) in [5.41, 5.74) is 0. The minimum atomic E-state index is -0.0763. The van der Waals surface area contributed by atoms with Crippen LogP contribution in [0.3, 0.4) is 0 Å². The molecule has 0 rings (SSSR count). The van der Waals surface area contributed by atoms with Crippen LogP contribution in [0.15, 0.2) is 5.09 Å². The maximum Gasteiger partial charge on any atom is 0.402 e. The van der Waals surface area contributed by atoms with Gasteiger partial charge < -0.3 is 0 Å². The van der Waals surface area contributed by atoms with E-state index in [9.17, 15) is 4.91 Å². The van der Waals surface area contributed by atoms with E-state index in [0.29, 0.717) is 0 Å². The highest BCUT2D eigenvalue weighted by atomic mass is 127. The molecule has 2 nitrogen and oxygen atoms in total. The topological polar surface area (TPSA) is 29.4 Å². The normalized spacial score (nSPS) is 6.80. The highest BCUT2D eigenvalue weighted by Crippen LogP contribution is 1.90. The van der Waals surface area contributed by atoms with Crippen LogP contribution in [-0.4, -0.2) is 4.70 Å². The van der Waals surface area contributed by atoms with E-state index >= 15 is 0 Å². The quantitative estimate of drug-likeness (QED) is 0.342. The Morgan fingerprint density at radius 3 is 2.20 bits per heavy atom. The van der Waals surface area contributed by atoms with E-state index < -0.39 is 0 Å². The van der Waals surface area contributed by atoms with Gasteiger partial charge in [0.05, 0.1) is 0 Å². The van der Waals surface area contributed by atoms with Crippen LogP contribution >= 0.6 is 22.4 Å². The molecule has 0 heterocycles. The second kappa shape index (κ2) is 2.62. The zero-order chi connectivity index (χ0) is 4.28. The third-order valence-corrected chi connectivity index (χ3v) is 0.373. The first kappa shape index (κ1) is 5.39. The van der Waals surface area contributed by atoms with Gasteiger partial charge in [0.25, 0.3) is 0 Å². The monoisotopic (exact) mass is 183 g/mol. The summed E-state index contributed by atoms with van der Waals surface area (Å²) < 4.78 is -0.0763. The summed E-state index contributed by atoms with van der Waals surface area (Å²) in [7, 11) is 0. The van der Waals surface area contributed by atoms with Crippen LogP contribution in [-0.2, 0) is 0 Å². The van der Waals surface area contributed by atoms with E-state index in [1.165, 1.54) is 0 Å². The molecule has 0 spiro atoms. The van der Waals surface area contributed by atoms with Crippen molar-refractivity contribution in [2.24, 2.45) is 5.09 Å². The van der Waals surface area contributed by atoms with E-state index in [4.69, 9.17) is 0 Å². The fraction of sp³-hybridized carbons (Fsp3) is 1.00. The lowest BCUT2D eigenvalue weighted by atomic mass is 10.0. The van der Waals surface area contributed by atoms with Crippen molar-refractivity contribution in [2.75, 3.05) is 0 Å². The van der Waals surface area contributed by atoms with Gasteiger partial charge in [0.2, 0.25) is 0 Å². The smallest absolute Gasteiger partial charge is 0.167 e. The average Bonchev–Trinajstić information content (AvgIpc) is 1.38. The molecular formula is CH3BINO. The Hall–Kier alpha value is 0.395. The minimum Gasteiger partial charge on any atom is -0.167 e. The SMILES string of the molecule is CB(I)N=O. The van der Waals surface area contributed by atoms with Crippen LogP contribution in [0.5, 0.6) is 0 Å². The minimum absolute atomic E-state index is 0.0763. The van der Waals surface area contributed by atoms with Crippen molar-refractivity contribution in [2.45, 2.75) is 6.82 Å². The molecule has 0 atom stereocenters. The molecule has 0 bridgehead atoms. The molecule has 0 amide bonds. The fourth-order valence-corrected chi connectivity index (χ4v) is 0. The van der Waals surface area contributed by atoms with Gasteiger partial charge in [-0.1, -0.05) is 6.82 Å². The van der Waals surface area contributed by atoms with Gasteiger partial charge in [-0.25, -0.2) is 0 Å². The molecule has 0 radical (unpaired) electrons. The van der Waals surface area contributed by atoms with Crippen LogP contribution in [0.25, 0.3) is 0 Å². The summed E-state index contributed by atoms with van der Waals surface area (Å²) in [6, 6.07) is 0. The van der Waals surface area contributed by atoms with Crippen molar-refractivity contribution in [3.8, 4) is 0 Å². The summed E-state index contributed by atoms with van der Waals surface area (Å²) in [5.74, 6) is 0. The molecular weight excluding hydrogens is 180 g/mol. The summed E-state index contributed by atoms with van der Waals surface area (Å²) in [4.78, 5) is 9.25. The first-order valence-corrected chi connectivity index (χ1v) is 2.48. The first-order chi connectivity index (χ1) is 2.27. The zero-order valence-corrected chi connectivity index (χ0v) is 4.97. The van der Waals surface area contributed by atoms with E-state index in [-0.39, 0.29) is 4.70 Å². The van der Waals surface area contributed by atoms with Crippen LogP contribution in [0, 0.1) is 4.91 Å². The standard InChI is InChI=1S/CH3BINO/c1-2(3)4-5/h1H3. The zero-order valence-electron chi connectivity index (χ0n) is 2.81. The molecule has 0 N–H and O–H groups in total. The van der Waals surface area contributed by atoms with Crippen molar-refractivity contribution < 1.29 is 0 Å². The number of hydrogen-bond acceptors (Lipinski definition) is 2. The third kappa shape index (κ3) is 4.39. The molecule has 0 fully saturated rings. The molecule has 0 unspecified atom stereocenters. The van der Waals surface area contributed by atoms with E-state index in [1.54, 1.807) is 6.82 Å². The van der Waals surface area contributed by atoms with Gasteiger partial charge in [-0.05, 0) is 0 Å². The lowest BCUT2D eigenvalue weighted by Gasteiger charge is -1.67. The van der Waals surface area contributed by atoms with E-state index in [1.807, 2.05) is 22.4 Å². The number of rotatable bonds is 1. The predicted molar refractivity (Wildman–Crippen MR) is 31.4 cm³/mol. The molecule has 5 heavy (non-hydrogen) atoms. The highest BCUT2D eigenvalue weighted by Gasteiger charge is 1.94. The Morgan fingerprint density at radius 1 is 2.00 bits per heavy atom.